The Kier molecular flexibility index (Phi) is 3.97. The van der Waals surface area contributed by atoms with Gasteiger partial charge in [0.15, 0.2) is 0 Å². The molecule has 0 saturated carbocycles. The quantitative estimate of drug-likeness (QED) is 0.894. The van der Waals surface area contributed by atoms with Crippen LogP contribution in [0.3, 0.4) is 0 Å². The molecule has 0 bridgehead atoms. The predicted molar refractivity (Wildman–Crippen MR) is 68.6 cm³/mol. The van der Waals surface area contributed by atoms with Gasteiger partial charge in [0, 0.05) is 12.4 Å². The molecular weight excluding hydrogens is 246 g/mol. The molecule has 1 heterocycles. The number of para-hydroxylation sites is 1. The Labute approximate surface area is 110 Å². The SMILES string of the molecule is O=C(O)c1ccn(C(=O)CCOc2ccccc2)c1. The van der Waals surface area contributed by atoms with Crippen LogP contribution in [0.1, 0.15) is 21.6 Å². The first-order valence-electron chi connectivity index (χ1n) is 5.79. The van der Waals surface area contributed by atoms with Crippen molar-refractivity contribution >= 4 is 11.9 Å². The van der Waals surface area contributed by atoms with Gasteiger partial charge in [0.25, 0.3) is 0 Å². The summed E-state index contributed by atoms with van der Waals surface area (Å²) in [5.74, 6) is -0.551. The summed E-state index contributed by atoms with van der Waals surface area (Å²) in [6, 6.07) is 10.6. The van der Waals surface area contributed by atoms with Gasteiger partial charge in [0.1, 0.15) is 5.75 Å². The standard InChI is InChI=1S/C14H13NO4/c16-13(15-8-6-11(10-15)14(17)18)7-9-19-12-4-2-1-3-5-12/h1-6,8,10H,7,9H2,(H,17,18). The highest BCUT2D eigenvalue weighted by Crippen LogP contribution is 2.09. The summed E-state index contributed by atoms with van der Waals surface area (Å²) >= 11 is 0. The smallest absolute Gasteiger partial charge is 0.337 e. The second-order valence-electron chi connectivity index (χ2n) is 3.92. The summed E-state index contributed by atoms with van der Waals surface area (Å²) in [5.41, 5.74) is 0.0947. The maximum atomic E-state index is 11.8. The number of aromatic carboxylic acids is 1. The lowest BCUT2D eigenvalue weighted by molar-refractivity contribution is 0.0697. The fourth-order valence-electron chi connectivity index (χ4n) is 1.58. The van der Waals surface area contributed by atoms with Gasteiger partial charge in [0.05, 0.1) is 18.6 Å². The van der Waals surface area contributed by atoms with E-state index in [0.717, 1.165) is 0 Å². The molecule has 0 atom stereocenters. The number of hydrogen-bond donors (Lipinski definition) is 1. The summed E-state index contributed by atoms with van der Waals surface area (Å²) in [6.45, 7) is 0.253. The van der Waals surface area contributed by atoms with Gasteiger partial charge in [-0.3, -0.25) is 9.36 Å². The minimum atomic E-state index is -1.05. The number of nitrogens with zero attached hydrogens (tertiary/aromatic N) is 1. The van der Waals surface area contributed by atoms with Gasteiger partial charge in [-0.25, -0.2) is 4.79 Å². The molecule has 0 spiro atoms. The summed E-state index contributed by atoms with van der Waals surface area (Å²) in [6.07, 6.45) is 2.92. The average molecular weight is 259 g/mol. The fourth-order valence-corrected chi connectivity index (χ4v) is 1.58. The lowest BCUT2D eigenvalue weighted by Gasteiger charge is -2.05. The molecule has 1 aromatic carbocycles. The number of hydrogen-bond acceptors (Lipinski definition) is 3. The second kappa shape index (κ2) is 5.86. The molecule has 0 aliphatic heterocycles. The van der Waals surface area contributed by atoms with Crippen molar-refractivity contribution in [2.24, 2.45) is 0 Å². The normalized spacial score (nSPS) is 10.1. The third-order valence-corrected chi connectivity index (χ3v) is 2.56. The number of benzene rings is 1. The molecule has 2 aromatic rings. The zero-order valence-electron chi connectivity index (χ0n) is 10.2. The molecule has 0 saturated heterocycles. The topological polar surface area (TPSA) is 68.5 Å². The maximum absolute atomic E-state index is 11.8. The zero-order valence-corrected chi connectivity index (χ0v) is 10.2. The summed E-state index contributed by atoms with van der Waals surface area (Å²) < 4.78 is 6.66. The van der Waals surface area contributed by atoms with Gasteiger partial charge in [-0.05, 0) is 18.2 Å². The Morgan fingerprint density at radius 1 is 1.16 bits per heavy atom. The number of aromatic nitrogens is 1. The lowest BCUT2D eigenvalue weighted by Crippen LogP contribution is -2.12. The van der Waals surface area contributed by atoms with E-state index in [0.29, 0.717) is 5.75 Å². The van der Waals surface area contributed by atoms with E-state index in [2.05, 4.69) is 0 Å². The minimum absolute atomic E-state index is 0.0947. The number of carboxylic acid groups (broad SMARTS) is 1. The summed E-state index contributed by atoms with van der Waals surface area (Å²) in [4.78, 5) is 22.4. The molecule has 5 nitrogen and oxygen atoms in total. The van der Waals surface area contributed by atoms with Crippen molar-refractivity contribution in [3.05, 3.63) is 54.4 Å². The number of carbonyl (C=O) groups excluding carboxylic acids is 1. The molecule has 5 heteroatoms. The van der Waals surface area contributed by atoms with Gasteiger partial charge in [-0.15, -0.1) is 0 Å². The first kappa shape index (κ1) is 12.9. The Hall–Kier alpha value is -2.56. The zero-order chi connectivity index (χ0) is 13.7. The molecule has 0 amide bonds. The summed E-state index contributed by atoms with van der Waals surface area (Å²) in [5, 5.41) is 8.76. The Balaban J connectivity index is 1.85. The summed E-state index contributed by atoms with van der Waals surface area (Å²) in [7, 11) is 0. The van der Waals surface area contributed by atoms with Crippen LogP contribution in [0.5, 0.6) is 5.75 Å². The number of carbonyl (C=O) groups is 2. The maximum Gasteiger partial charge on any atom is 0.337 e. The van der Waals surface area contributed by atoms with Crippen molar-refractivity contribution in [1.29, 1.82) is 0 Å². The van der Waals surface area contributed by atoms with Crippen LogP contribution in [0, 0.1) is 0 Å². The fraction of sp³-hybridized carbons (Fsp3) is 0.143. The van der Waals surface area contributed by atoms with Crippen molar-refractivity contribution in [1.82, 2.24) is 4.57 Å². The molecular formula is C14H13NO4. The van der Waals surface area contributed by atoms with Crippen LogP contribution in [-0.4, -0.2) is 28.2 Å². The van der Waals surface area contributed by atoms with E-state index >= 15 is 0 Å². The van der Waals surface area contributed by atoms with Crippen molar-refractivity contribution in [3.8, 4) is 5.75 Å². The molecule has 1 N–H and O–H groups in total. The van der Waals surface area contributed by atoms with Crippen molar-refractivity contribution in [2.75, 3.05) is 6.61 Å². The molecule has 0 aliphatic carbocycles. The molecule has 0 aliphatic rings. The van der Waals surface area contributed by atoms with Crippen LogP contribution in [-0.2, 0) is 0 Å². The first-order valence-corrected chi connectivity index (χ1v) is 5.79. The molecule has 0 fully saturated rings. The lowest BCUT2D eigenvalue weighted by atomic mass is 10.3. The first-order chi connectivity index (χ1) is 9.16. The van der Waals surface area contributed by atoms with Gasteiger partial charge < -0.3 is 9.84 Å². The van der Waals surface area contributed by atoms with Crippen molar-refractivity contribution in [2.45, 2.75) is 6.42 Å². The van der Waals surface area contributed by atoms with Crippen LogP contribution in [0.25, 0.3) is 0 Å². The predicted octanol–water partition coefficient (Wildman–Crippen LogP) is 2.30. The largest absolute Gasteiger partial charge is 0.493 e. The molecule has 0 radical (unpaired) electrons. The number of ether oxygens (including phenoxy) is 1. The van der Waals surface area contributed by atoms with Crippen molar-refractivity contribution < 1.29 is 19.4 Å². The second-order valence-corrected chi connectivity index (χ2v) is 3.92. The third-order valence-electron chi connectivity index (χ3n) is 2.56. The highest BCUT2D eigenvalue weighted by Gasteiger charge is 2.09. The van der Waals surface area contributed by atoms with E-state index < -0.39 is 5.97 Å². The van der Waals surface area contributed by atoms with E-state index in [1.54, 1.807) is 0 Å². The Morgan fingerprint density at radius 2 is 1.89 bits per heavy atom. The molecule has 19 heavy (non-hydrogen) atoms. The minimum Gasteiger partial charge on any atom is -0.493 e. The van der Waals surface area contributed by atoms with Crippen LogP contribution in [0.4, 0.5) is 0 Å². The van der Waals surface area contributed by atoms with Gasteiger partial charge >= 0.3 is 5.97 Å². The average Bonchev–Trinajstić information content (AvgIpc) is 2.89. The third kappa shape index (κ3) is 3.45. The van der Waals surface area contributed by atoms with E-state index in [1.165, 1.54) is 23.0 Å². The Morgan fingerprint density at radius 3 is 2.53 bits per heavy atom. The number of rotatable bonds is 5. The van der Waals surface area contributed by atoms with Crippen LogP contribution in [0.2, 0.25) is 0 Å². The molecule has 1 aromatic heterocycles. The Bertz CT molecular complexity index is 574. The van der Waals surface area contributed by atoms with Crippen LogP contribution < -0.4 is 4.74 Å². The van der Waals surface area contributed by atoms with E-state index in [9.17, 15) is 9.59 Å². The van der Waals surface area contributed by atoms with E-state index in [-0.39, 0.29) is 24.5 Å². The van der Waals surface area contributed by atoms with Gasteiger partial charge in [-0.1, -0.05) is 18.2 Å². The highest BCUT2D eigenvalue weighted by molar-refractivity contribution is 5.89. The highest BCUT2D eigenvalue weighted by atomic mass is 16.5. The van der Waals surface area contributed by atoms with Gasteiger partial charge in [-0.2, -0.15) is 0 Å². The molecule has 98 valence electrons. The number of carboxylic acids is 1. The molecule has 2 rings (SSSR count). The monoisotopic (exact) mass is 259 g/mol. The van der Waals surface area contributed by atoms with Gasteiger partial charge in [0.2, 0.25) is 5.91 Å². The van der Waals surface area contributed by atoms with Crippen LogP contribution >= 0.6 is 0 Å². The molecule has 0 unspecified atom stereocenters. The van der Waals surface area contributed by atoms with E-state index in [1.807, 2.05) is 30.3 Å². The van der Waals surface area contributed by atoms with Crippen molar-refractivity contribution in [3.63, 3.8) is 0 Å². The van der Waals surface area contributed by atoms with Crippen LogP contribution in [0.15, 0.2) is 48.8 Å². The van der Waals surface area contributed by atoms with E-state index in [4.69, 9.17) is 9.84 Å².